The molecule has 0 spiro atoms. The quantitative estimate of drug-likeness (QED) is 0.405. The maximum absolute atomic E-state index is 13.7. The van der Waals surface area contributed by atoms with Gasteiger partial charge in [0.2, 0.25) is 0 Å². The highest BCUT2D eigenvalue weighted by Gasteiger charge is 2.61. The average Bonchev–Trinajstić information content (AvgIpc) is 3.05. The van der Waals surface area contributed by atoms with E-state index in [1.54, 1.807) is 0 Å². The van der Waals surface area contributed by atoms with Gasteiger partial charge in [0.15, 0.2) is 0 Å². The maximum Gasteiger partial charge on any atom is 0.302 e. The molecule has 0 unspecified atom stereocenters. The largest absolute Gasteiger partial charge is 0.462 e. The zero-order valence-corrected chi connectivity index (χ0v) is 21.5. The lowest BCUT2D eigenvalue weighted by atomic mass is 9.52. The number of esters is 1. The number of hydrogen-bond acceptors (Lipinski definition) is 4. The van der Waals surface area contributed by atoms with Crippen LogP contribution in [0.5, 0.6) is 0 Å². The van der Waals surface area contributed by atoms with Crippen LogP contribution in [0.25, 0.3) is 0 Å². The summed E-state index contributed by atoms with van der Waals surface area (Å²) in [4.78, 5) is 25.4. The molecule has 0 aromatic rings. The van der Waals surface area contributed by atoms with Crippen molar-refractivity contribution in [1.82, 2.24) is 0 Å². The van der Waals surface area contributed by atoms with Crippen LogP contribution in [-0.4, -0.2) is 29.1 Å². The molecule has 0 amide bonds. The summed E-state index contributed by atoms with van der Waals surface area (Å²) in [5.74, 6) is 1.12. The van der Waals surface area contributed by atoms with Crippen LogP contribution in [0.4, 0.5) is 0 Å². The lowest BCUT2D eigenvalue weighted by Crippen LogP contribution is -2.53. The maximum atomic E-state index is 13.7. The van der Waals surface area contributed by atoms with Gasteiger partial charge < -0.3 is 9.84 Å². The fourth-order valence-electron chi connectivity index (χ4n) is 8.39. The Morgan fingerprint density at radius 2 is 1.88 bits per heavy atom. The van der Waals surface area contributed by atoms with E-state index >= 15 is 0 Å². The number of rotatable bonds is 5. The zero-order chi connectivity index (χ0) is 24.1. The summed E-state index contributed by atoms with van der Waals surface area (Å²) in [5, 5.41) is 11.3. The number of aliphatic hydroxyl groups excluding tert-OH is 1. The SMILES string of the molecule is CC(=O)O[C@H]1CC[C@@]2(C)C(=O)[C@H]1[C@H](O)C=C1[C@@H]3CC[C@H]([C@H](C)CCC=C(C)C)[C@@]3(C)CC[C@@H]12. The third-order valence-corrected chi connectivity index (χ3v) is 10.1. The van der Waals surface area contributed by atoms with Gasteiger partial charge >= 0.3 is 5.97 Å². The van der Waals surface area contributed by atoms with Gasteiger partial charge in [0.05, 0.1) is 12.0 Å². The van der Waals surface area contributed by atoms with E-state index in [0.29, 0.717) is 24.2 Å². The molecule has 3 saturated carbocycles. The van der Waals surface area contributed by atoms with Crippen LogP contribution in [0.3, 0.4) is 0 Å². The smallest absolute Gasteiger partial charge is 0.302 e. The molecule has 0 aromatic heterocycles. The van der Waals surface area contributed by atoms with Crippen molar-refractivity contribution in [2.24, 2.45) is 40.4 Å². The van der Waals surface area contributed by atoms with E-state index < -0.39 is 23.5 Å². The van der Waals surface area contributed by atoms with Crippen molar-refractivity contribution >= 4 is 11.8 Å². The number of carbonyl (C=O) groups is 2. The number of Topliss-reactive ketones (excluding diaryl/α,β-unsaturated/α-hetero) is 1. The van der Waals surface area contributed by atoms with Crippen molar-refractivity contribution in [3.8, 4) is 0 Å². The van der Waals surface area contributed by atoms with E-state index in [-0.39, 0.29) is 23.1 Å². The van der Waals surface area contributed by atoms with Crippen LogP contribution in [0.15, 0.2) is 23.3 Å². The van der Waals surface area contributed by atoms with Crippen molar-refractivity contribution in [3.63, 3.8) is 0 Å². The van der Waals surface area contributed by atoms with Gasteiger partial charge in [0.1, 0.15) is 11.9 Å². The number of ether oxygens (including phenoxy) is 1. The van der Waals surface area contributed by atoms with Gasteiger partial charge in [-0.2, -0.15) is 0 Å². The summed E-state index contributed by atoms with van der Waals surface area (Å²) >= 11 is 0. The highest BCUT2D eigenvalue weighted by molar-refractivity contribution is 5.90. The molecule has 0 aliphatic heterocycles. The number of aliphatic hydroxyl groups is 1. The van der Waals surface area contributed by atoms with Gasteiger partial charge in [-0.1, -0.05) is 44.1 Å². The second kappa shape index (κ2) is 8.98. The zero-order valence-electron chi connectivity index (χ0n) is 21.5. The summed E-state index contributed by atoms with van der Waals surface area (Å²) in [6, 6.07) is 0. The van der Waals surface area contributed by atoms with E-state index in [9.17, 15) is 14.7 Å². The number of carbonyl (C=O) groups excluding carboxylic acids is 2. The van der Waals surface area contributed by atoms with Crippen LogP contribution >= 0.6 is 0 Å². The Balaban J connectivity index is 1.63. The lowest BCUT2D eigenvalue weighted by molar-refractivity contribution is -0.164. The van der Waals surface area contributed by atoms with E-state index in [1.165, 1.54) is 30.9 Å². The lowest BCUT2D eigenvalue weighted by Gasteiger charge is -2.52. The average molecular weight is 457 g/mol. The highest BCUT2D eigenvalue weighted by atomic mass is 16.5. The summed E-state index contributed by atoms with van der Waals surface area (Å²) in [5.41, 5.74) is 2.52. The molecular weight excluding hydrogens is 412 g/mol. The molecule has 1 N–H and O–H groups in total. The Morgan fingerprint density at radius 3 is 2.55 bits per heavy atom. The van der Waals surface area contributed by atoms with Crippen LogP contribution in [0.1, 0.15) is 92.9 Å². The molecule has 4 rings (SSSR count). The molecule has 0 heterocycles. The first-order valence-corrected chi connectivity index (χ1v) is 13.2. The number of allylic oxidation sites excluding steroid dienone is 3. The Morgan fingerprint density at radius 1 is 1.15 bits per heavy atom. The molecule has 9 atom stereocenters. The fraction of sp³-hybridized carbons (Fsp3) is 0.793. The molecule has 0 aromatic carbocycles. The molecule has 33 heavy (non-hydrogen) atoms. The third-order valence-electron chi connectivity index (χ3n) is 10.1. The first-order chi connectivity index (χ1) is 15.5. The van der Waals surface area contributed by atoms with E-state index in [4.69, 9.17) is 4.74 Å². The summed E-state index contributed by atoms with van der Waals surface area (Å²) < 4.78 is 5.53. The minimum absolute atomic E-state index is 0.108. The molecule has 4 aliphatic carbocycles. The van der Waals surface area contributed by atoms with Crippen molar-refractivity contribution < 1.29 is 19.4 Å². The molecule has 0 radical (unpaired) electrons. The Kier molecular flexibility index (Phi) is 6.72. The number of hydrogen-bond donors (Lipinski definition) is 1. The molecular formula is C29H44O4. The second-order valence-electron chi connectivity index (χ2n) is 12.3. The molecule has 4 aliphatic rings. The number of fused-ring (bicyclic) bond motifs is 6. The molecule has 4 nitrogen and oxygen atoms in total. The monoisotopic (exact) mass is 456 g/mol. The summed E-state index contributed by atoms with van der Waals surface area (Å²) in [6.45, 7) is 12.8. The molecule has 184 valence electrons. The van der Waals surface area contributed by atoms with Crippen LogP contribution in [0, 0.1) is 40.4 Å². The Labute approximate surface area is 200 Å². The molecule has 4 heteroatoms. The van der Waals surface area contributed by atoms with E-state index in [0.717, 1.165) is 32.1 Å². The normalized spacial score (nSPS) is 43.0. The minimum Gasteiger partial charge on any atom is -0.462 e. The second-order valence-corrected chi connectivity index (χ2v) is 12.3. The van der Waals surface area contributed by atoms with E-state index in [1.807, 2.05) is 6.08 Å². The Bertz CT molecular complexity index is 852. The highest BCUT2D eigenvalue weighted by Crippen LogP contribution is 2.65. The molecule has 3 fully saturated rings. The predicted molar refractivity (Wildman–Crippen MR) is 130 cm³/mol. The fourth-order valence-corrected chi connectivity index (χ4v) is 8.39. The molecule has 2 bridgehead atoms. The van der Waals surface area contributed by atoms with Gasteiger partial charge in [-0.25, -0.2) is 0 Å². The summed E-state index contributed by atoms with van der Waals surface area (Å²) in [7, 11) is 0. The van der Waals surface area contributed by atoms with Gasteiger partial charge in [0.25, 0.3) is 0 Å². The van der Waals surface area contributed by atoms with Gasteiger partial charge in [-0.05, 0) is 94.3 Å². The van der Waals surface area contributed by atoms with Gasteiger partial charge in [-0.3, -0.25) is 9.59 Å². The first-order valence-electron chi connectivity index (χ1n) is 13.2. The Hall–Kier alpha value is -1.42. The van der Waals surface area contributed by atoms with Gasteiger partial charge in [-0.15, -0.1) is 0 Å². The van der Waals surface area contributed by atoms with Crippen LogP contribution in [-0.2, 0) is 14.3 Å². The van der Waals surface area contributed by atoms with Crippen LogP contribution < -0.4 is 0 Å². The van der Waals surface area contributed by atoms with Crippen molar-refractivity contribution in [1.29, 1.82) is 0 Å². The van der Waals surface area contributed by atoms with Crippen LogP contribution in [0.2, 0.25) is 0 Å². The predicted octanol–water partition coefficient (Wildman–Crippen LogP) is 6.03. The summed E-state index contributed by atoms with van der Waals surface area (Å²) in [6.07, 6.45) is 11.4. The van der Waals surface area contributed by atoms with Crippen molar-refractivity contribution in [2.45, 2.75) is 105 Å². The standard InChI is InChI=1S/C29H44O4/c1-17(2)8-7-9-18(3)21-10-11-22-20-16-24(31)26-25(33-19(4)30)13-15-29(6,27(26)32)23(20)12-14-28(21,22)5/h8,16,18,21-26,31H,7,9-15H2,1-6H3/t18-,21-,22+,23+,24-,25+,26+,28-,29-/m1/s1. The van der Waals surface area contributed by atoms with E-state index in [2.05, 4.69) is 40.7 Å². The minimum atomic E-state index is -0.863. The van der Waals surface area contributed by atoms with Gasteiger partial charge in [0, 0.05) is 12.3 Å². The third kappa shape index (κ3) is 4.15. The topological polar surface area (TPSA) is 63.6 Å². The first kappa shape index (κ1) is 24.7. The number of ketones is 1. The van der Waals surface area contributed by atoms with Crippen molar-refractivity contribution in [3.05, 3.63) is 23.3 Å². The van der Waals surface area contributed by atoms with Crippen molar-refractivity contribution in [2.75, 3.05) is 0 Å². The molecule has 0 saturated heterocycles.